The smallest absolute Gasteiger partial charge is 0.0574 e. The lowest BCUT2D eigenvalue weighted by atomic mass is 10.1. The second-order valence-corrected chi connectivity index (χ2v) is 2.50. The van der Waals surface area contributed by atoms with Crippen molar-refractivity contribution in [1.82, 2.24) is 10.2 Å². The molecule has 1 aromatic heterocycles. The summed E-state index contributed by atoms with van der Waals surface area (Å²) in [4.78, 5) is 0. The summed E-state index contributed by atoms with van der Waals surface area (Å²) < 4.78 is 0. The van der Waals surface area contributed by atoms with Crippen LogP contribution in [0.15, 0.2) is 48.8 Å². The maximum atomic E-state index is 3.81. The summed E-state index contributed by atoms with van der Waals surface area (Å²) >= 11 is 0. The number of hydrogen-bond donors (Lipinski definition) is 0. The van der Waals surface area contributed by atoms with Crippen LogP contribution in [0.1, 0.15) is 13.8 Å². The van der Waals surface area contributed by atoms with Crippen molar-refractivity contribution in [3.63, 3.8) is 0 Å². The Kier molecular flexibility index (Phi) is 4.35. The van der Waals surface area contributed by atoms with E-state index in [9.17, 15) is 0 Å². The van der Waals surface area contributed by atoms with Gasteiger partial charge in [-0.1, -0.05) is 44.2 Å². The fourth-order valence-electron chi connectivity index (χ4n) is 1.09. The van der Waals surface area contributed by atoms with E-state index < -0.39 is 0 Å². The highest BCUT2D eigenvalue weighted by Crippen LogP contribution is 2.15. The number of hydrogen-bond acceptors (Lipinski definition) is 2. The van der Waals surface area contributed by atoms with Crippen molar-refractivity contribution in [2.45, 2.75) is 13.8 Å². The first kappa shape index (κ1) is 10.4. The molecule has 0 unspecified atom stereocenters. The Morgan fingerprint density at radius 2 is 1.50 bits per heavy atom. The van der Waals surface area contributed by atoms with Crippen LogP contribution >= 0.6 is 0 Å². The van der Waals surface area contributed by atoms with Gasteiger partial charge in [-0.15, -0.1) is 0 Å². The van der Waals surface area contributed by atoms with Crippen molar-refractivity contribution in [3.8, 4) is 11.1 Å². The average Bonchev–Trinajstić information content (AvgIpc) is 2.34. The largest absolute Gasteiger partial charge is 0.159 e. The van der Waals surface area contributed by atoms with Gasteiger partial charge >= 0.3 is 0 Å². The first-order valence-electron chi connectivity index (χ1n) is 4.79. The monoisotopic (exact) mass is 186 g/mol. The van der Waals surface area contributed by atoms with Crippen LogP contribution < -0.4 is 0 Å². The third-order valence-electron chi connectivity index (χ3n) is 1.69. The Bertz CT molecular complexity index is 306. The van der Waals surface area contributed by atoms with Crippen molar-refractivity contribution >= 4 is 0 Å². The maximum absolute atomic E-state index is 3.81. The summed E-state index contributed by atoms with van der Waals surface area (Å²) in [7, 11) is 0. The molecule has 0 atom stereocenters. The quantitative estimate of drug-likeness (QED) is 0.683. The SMILES string of the molecule is CC.c1ccc(-c2ccnnc2)cc1. The van der Waals surface area contributed by atoms with Crippen LogP contribution in [-0.2, 0) is 0 Å². The molecule has 0 bridgehead atoms. The van der Waals surface area contributed by atoms with Crippen LogP contribution in [0.3, 0.4) is 0 Å². The van der Waals surface area contributed by atoms with E-state index in [-0.39, 0.29) is 0 Å². The van der Waals surface area contributed by atoms with Gasteiger partial charge in [-0.2, -0.15) is 10.2 Å². The Hall–Kier alpha value is -1.70. The summed E-state index contributed by atoms with van der Waals surface area (Å²) in [5, 5.41) is 7.53. The zero-order chi connectivity index (χ0) is 10.2. The highest BCUT2D eigenvalue weighted by Gasteiger charge is 1.93. The molecule has 0 radical (unpaired) electrons. The van der Waals surface area contributed by atoms with E-state index in [0.717, 1.165) is 5.56 Å². The Labute approximate surface area is 84.6 Å². The Balaban J connectivity index is 0.000000461. The van der Waals surface area contributed by atoms with Crippen LogP contribution in [0.5, 0.6) is 0 Å². The van der Waals surface area contributed by atoms with E-state index in [0.29, 0.717) is 0 Å². The molecule has 2 nitrogen and oxygen atoms in total. The first-order chi connectivity index (χ1) is 6.97. The summed E-state index contributed by atoms with van der Waals surface area (Å²) in [6.45, 7) is 4.00. The van der Waals surface area contributed by atoms with Crippen molar-refractivity contribution in [2.75, 3.05) is 0 Å². The molecule has 0 aliphatic heterocycles. The van der Waals surface area contributed by atoms with Gasteiger partial charge in [0.2, 0.25) is 0 Å². The number of aromatic nitrogens is 2. The van der Waals surface area contributed by atoms with Crippen molar-refractivity contribution in [1.29, 1.82) is 0 Å². The highest BCUT2D eigenvalue weighted by molar-refractivity contribution is 5.61. The Morgan fingerprint density at radius 1 is 0.786 bits per heavy atom. The van der Waals surface area contributed by atoms with Gasteiger partial charge in [-0.3, -0.25) is 0 Å². The second kappa shape index (κ2) is 5.86. The van der Waals surface area contributed by atoms with Gasteiger partial charge in [-0.05, 0) is 11.6 Å². The maximum Gasteiger partial charge on any atom is 0.0574 e. The zero-order valence-corrected chi connectivity index (χ0v) is 8.51. The van der Waals surface area contributed by atoms with Crippen LogP contribution in [-0.4, -0.2) is 10.2 Å². The molecule has 0 saturated heterocycles. The molecule has 0 fully saturated rings. The molecular formula is C12H14N2. The lowest BCUT2D eigenvalue weighted by Gasteiger charge is -1.97. The van der Waals surface area contributed by atoms with Crippen molar-refractivity contribution in [2.24, 2.45) is 0 Å². The van der Waals surface area contributed by atoms with E-state index in [1.807, 2.05) is 38.1 Å². The second-order valence-electron chi connectivity index (χ2n) is 2.50. The molecule has 2 aromatic rings. The molecule has 0 aliphatic carbocycles. The summed E-state index contributed by atoms with van der Waals surface area (Å²) in [6.07, 6.45) is 3.46. The van der Waals surface area contributed by atoms with E-state index >= 15 is 0 Å². The lowest BCUT2D eigenvalue weighted by molar-refractivity contribution is 1.03. The summed E-state index contributed by atoms with van der Waals surface area (Å²) in [5.41, 5.74) is 2.28. The van der Waals surface area contributed by atoms with Crippen LogP contribution in [0.25, 0.3) is 11.1 Å². The molecule has 1 aromatic carbocycles. The molecule has 2 rings (SSSR count). The normalized spacial score (nSPS) is 8.71. The molecule has 0 amide bonds. The highest BCUT2D eigenvalue weighted by atomic mass is 15.1. The van der Waals surface area contributed by atoms with Gasteiger partial charge < -0.3 is 0 Å². The van der Waals surface area contributed by atoms with Gasteiger partial charge in [0.05, 0.1) is 12.4 Å². The fourth-order valence-corrected chi connectivity index (χ4v) is 1.09. The number of nitrogens with zero attached hydrogens (tertiary/aromatic N) is 2. The molecular weight excluding hydrogens is 172 g/mol. The Morgan fingerprint density at radius 3 is 2.07 bits per heavy atom. The lowest BCUT2D eigenvalue weighted by Crippen LogP contribution is -1.80. The van der Waals surface area contributed by atoms with E-state index in [1.54, 1.807) is 12.4 Å². The van der Waals surface area contributed by atoms with Crippen molar-refractivity contribution in [3.05, 3.63) is 48.8 Å². The van der Waals surface area contributed by atoms with E-state index in [4.69, 9.17) is 0 Å². The molecule has 0 saturated carbocycles. The summed E-state index contributed by atoms with van der Waals surface area (Å²) in [6, 6.07) is 12.1. The van der Waals surface area contributed by atoms with Gasteiger partial charge in [-0.25, -0.2) is 0 Å². The predicted molar refractivity (Wildman–Crippen MR) is 58.8 cm³/mol. The van der Waals surface area contributed by atoms with Gasteiger partial charge in [0, 0.05) is 5.56 Å². The summed E-state index contributed by atoms with van der Waals surface area (Å²) in [5.74, 6) is 0. The number of benzene rings is 1. The minimum atomic E-state index is 1.10. The van der Waals surface area contributed by atoms with Crippen LogP contribution in [0.2, 0.25) is 0 Å². The molecule has 0 aliphatic rings. The van der Waals surface area contributed by atoms with Crippen LogP contribution in [0.4, 0.5) is 0 Å². The predicted octanol–water partition coefficient (Wildman–Crippen LogP) is 3.17. The van der Waals surface area contributed by atoms with E-state index in [1.165, 1.54) is 5.56 Å². The molecule has 14 heavy (non-hydrogen) atoms. The minimum absolute atomic E-state index is 1.10. The van der Waals surface area contributed by atoms with Gasteiger partial charge in [0.1, 0.15) is 0 Å². The van der Waals surface area contributed by atoms with Crippen LogP contribution in [0, 0.1) is 0 Å². The minimum Gasteiger partial charge on any atom is -0.159 e. The molecule has 72 valence electrons. The number of rotatable bonds is 1. The third-order valence-corrected chi connectivity index (χ3v) is 1.69. The van der Waals surface area contributed by atoms with E-state index in [2.05, 4.69) is 22.3 Å². The fraction of sp³-hybridized carbons (Fsp3) is 0.167. The topological polar surface area (TPSA) is 25.8 Å². The molecule has 1 heterocycles. The first-order valence-corrected chi connectivity index (χ1v) is 4.79. The average molecular weight is 186 g/mol. The standard InChI is InChI=1S/C10H8N2.C2H6/c1-2-4-9(5-3-1)10-6-7-11-12-8-10;1-2/h1-8H;1-2H3. The van der Waals surface area contributed by atoms with Gasteiger partial charge in [0.25, 0.3) is 0 Å². The molecule has 0 spiro atoms. The van der Waals surface area contributed by atoms with Crippen molar-refractivity contribution < 1.29 is 0 Å². The third kappa shape index (κ3) is 2.66. The molecule has 0 N–H and O–H groups in total. The van der Waals surface area contributed by atoms with Gasteiger partial charge in [0.15, 0.2) is 0 Å². The molecule has 2 heteroatoms. The zero-order valence-electron chi connectivity index (χ0n) is 8.51.